The molecular formula is C18H24N2O4. The highest BCUT2D eigenvalue weighted by Crippen LogP contribution is 2.39. The molecular weight excluding hydrogens is 308 g/mol. The Labute approximate surface area is 141 Å². The highest BCUT2D eigenvalue weighted by molar-refractivity contribution is 6.04. The molecule has 0 bridgehead atoms. The molecule has 1 aliphatic heterocycles. The fourth-order valence-corrected chi connectivity index (χ4v) is 4.05. The van der Waals surface area contributed by atoms with Gasteiger partial charge in [0, 0.05) is 30.8 Å². The van der Waals surface area contributed by atoms with Crippen molar-refractivity contribution in [2.75, 3.05) is 13.1 Å². The van der Waals surface area contributed by atoms with E-state index in [0.717, 1.165) is 18.5 Å². The van der Waals surface area contributed by atoms with Crippen LogP contribution in [0, 0.1) is 18.3 Å². The predicted molar refractivity (Wildman–Crippen MR) is 88.2 cm³/mol. The molecule has 1 aromatic rings. The van der Waals surface area contributed by atoms with Crippen LogP contribution in [0.2, 0.25) is 0 Å². The maximum Gasteiger partial charge on any atom is 0.311 e. The van der Waals surface area contributed by atoms with Crippen molar-refractivity contribution in [1.82, 2.24) is 9.88 Å². The number of ketones is 1. The Hall–Kier alpha value is -2.11. The van der Waals surface area contributed by atoms with Crippen LogP contribution >= 0.6 is 0 Å². The van der Waals surface area contributed by atoms with Crippen LogP contribution in [0.4, 0.5) is 0 Å². The van der Waals surface area contributed by atoms with Crippen molar-refractivity contribution in [3.05, 3.63) is 22.5 Å². The number of hydrogen-bond acceptors (Lipinski definition) is 3. The van der Waals surface area contributed by atoms with Gasteiger partial charge in [0.25, 0.3) is 5.91 Å². The first-order valence-corrected chi connectivity index (χ1v) is 8.55. The van der Waals surface area contributed by atoms with Gasteiger partial charge >= 0.3 is 5.97 Å². The average molecular weight is 332 g/mol. The molecule has 1 unspecified atom stereocenters. The lowest BCUT2D eigenvalue weighted by molar-refractivity contribution is -0.150. The number of aromatic amines is 1. The summed E-state index contributed by atoms with van der Waals surface area (Å²) in [6, 6.07) is 0. The van der Waals surface area contributed by atoms with E-state index >= 15 is 0 Å². The summed E-state index contributed by atoms with van der Waals surface area (Å²) < 4.78 is 0. The minimum absolute atomic E-state index is 0.0488. The van der Waals surface area contributed by atoms with E-state index in [9.17, 15) is 19.5 Å². The normalized spacial score (nSPS) is 23.7. The fourth-order valence-electron chi connectivity index (χ4n) is 4.05. The number of carboxylic acids is 1. The fraction of sp³-hybridized carbons (Fsp3) is 0.611. The molecule has 0 spiro atoms. The van der Waals surface area contributed by atoms with Gasteiger partial charge < -0.3 is 15.0 Å². The molecule has 1 atom stereocenters. The van der Waals surface area contributed by atoms with Gasteiger partial charge in [-0.2, -0.15) is 0 Å². The molecule has 0 radical (unpaired) electrons. The van der Waals surface area contributed by atoms with Crippen LogP contribution < -0.4 is 0 Å². The highest BCUT2D eigenvalue weighted by atomic mass is 16.4. The van der Waals surface area contributed by atoms with E-state index in [-0.39, 0.29) is 24.2 Å². The molecule has 1 saturated heterocycles. The van der Waals surface area contributed by atoms with Crippen molar-refractivity contribution >= 4 is 17.7 Å². The van der Waals surface area contributed by atoms with Crippen molar-refractivity contribution in [3.8, 4) is 0 Å². The Morgan fingerprint density at radius 2 is 2.00 bits per heavy atom. The smallest absolute Gasteiger partial charge is 0.311 e. The zero-order valence-corrected chi connectivity index (χ0v) is 14.4. The first-order valence-electron chi connectivity index (χ1n) is 8.55. The van der Waals surface area contributed by atoms with Gasteiger partial charge in [-0.05, 0) is 37.7 Å². The number of Topliss-reactive ketones (excluding diaryl/α,β-unsaturated/α-hetero) is 1. The number of H-pyrrole nitrogens is 1. The van der Waals surface area contributed by atoms with Crippen LogP contribution in [0.3, 0.4) is 0 Å². The van der Waals surface area contributed by atoms with E-state index in [0.29, 0.717) is 36.2 Å². The number of carbonyl (C=O) groups excluding carboxylic acids is 2. The largest absolute Gasteiger partial charge is 0.481 e. The molecule has 24 heavy (non-hydrogen) atoms. The summed E-state index contributed by atoms with van der Waals surface area (Å²) in [5.41, 5.74) is 1.78. The molecule has 2 aliphatic rings. The Kier molecular flexibility index (Phi) is 4.01. The van der Waals surface area contributed by atoms with Gasteiger partial charge in [-0.15, -0.1) is 0 Å². The van der Waals surface area contributed by atoms with E-state index in [2.05, 4.69) is 4.98 Å². The summed E-state index contributed by atoms with van der Waals surface area (Å²) in [6.07, 6.45) is 2.57. The molecule has 6 heteroatoms. The summed E-state index contributed by atoms with van der Waals surface area (Å²) in [7, 11) is 0. The zero-order chi connectivity index (χ0) is 17.6. The van der Waals surface area contributed by atoms with E-state index in [1.807, 2.05) is 13.8 Å². The van der Waals surface area contributed by atoms with Gasteiger partial charge in [-0.25, -0.2) is 0 Å². The topological polar surface area (TPSA) is 90.5 Å². The van der Waals surface area contributed by atoms with Gasteiger partial charge in [0.05, 0.1) is 5.41 Å². The maximum absolute atomic E-state index is 12.9. The number of rotatable bonds is 3. The van der Waals surface area contributed by atoms with Gasteiger partial charge in [0.2, 0.25) is 0 Å². The maximum atomic E-state index is 12.9. The molecule has 0 aromatic carbocycles. The number of hydrogen-bond donors (Lipinski definition) is 2. The highest BCUT2D eigenvalue weighted by Gasteiger charge is 2.49. The molecule has 1 aliphatic carbocycles. The number of amides is 1. The lowest BCUT2D eigenvalue weighted by atomic mass is 9.76. The number of carbonyl (C=O) groups is 3. The van der Waals surface area contributed by atoms with Crippen LogP contribution in [0.5, 0.6) is 0 Å². The number of fused-ring (bicyclic) bond motifs is 1. The Morgan fingerprint density at radius 3 is 2.54 bits per heavy atom. The molecule has 1 amide bonds. The second-order valence-corrected chi connectivity index (χ2v) is 7.35. The summed E-state index contributed by atoms with van der Waals surface area (Å²) in [6.45, 7) is 6.23. The second kappa shape index (κ2) is 5.76. The molecule has 1 aromatic heterocycles. The number of nitrogens with zero attached hydrogens (tertiary/aromatic N) is 1. The van der Waals surface area contributed by atoms with Gasteiger partial charge in [0.15, 0.2) is 5.78 Å². The number of likely N-dealkylation sites (tertiary alicyclic amines) is 1. The summed E-state index contributed by atoms with van der Waals surface area (Å²) in [4.78, 5) is 41.5. The number of aliphatic carboxylic acids is 1. The predicted octanol–water partition coefficient (Wildman–Crippen LogP) is 2.42. The zero-order valence-electron chi connectivity index (χ0n) is 14.4. The average Bonchev–Trinajstić information content (AvgIpc) is 3.10. The minimum Gasteiger partial charge on any atom is -0.481 e. The Morgan fingerprint density at radius 1 is 1.29 bits per heavy atom. The molecule has 2 N–H and O–H groups in total. The SMILES string of the molecule is Cc1c(C(=O)N2CCC(C(=O)O)(C(C)C)C2)[nH]c2c1C(=O)CCC2. The van der Waals surface area contributed by atoms with Gasteiger partial charge in [0.1, 0.15) is 5.69 Å². The van der Waals surface area contributed by atoms with Crippen molar-refractivity contribution in [3.63, 3.8) is 0 Å². The molecule has 2 heterocycles. The van der Waals surface area contributed by atoms with Crippen molar-refractivity contribution < 1.29 is 19.5 Å². The monoisotopic (exact) mass is 332 g/mol. The standard InChI is InChI=1S/C18H24N2O4/c1-10(2)18(17(23)24)7-8-20(9-18)16(22)15-11(3)14-12(19-15)5-4-6-13(14)21/h10,19H,4-9H2,1-3H3,(H,23,24). The minimum atomic E-state index is -0.883. The first kappa shape index (κ1) is 16.7. The summed E-state index contributed by atoms with van der Waals surface area (Å²) >= 11 is 0. The number of carboxylic acid groups (broad SMARTS) is 1. The van der Waals surface area contributed by atoms with E-state index in [4.69, 9.17) is 0 Å². The third-order valence-corrected chi connectivity index (χ3v) is 5.77. The summed E-state index contributed by atoms with van der Waals surface area (Å²) in [5, 5.41) is 9.64. The third kappa shape index (κ3) is 2.36. The van der Waals surface area contributed by atoms with Gasteiger partial charge in [-0.1, -0.05) is 13.8 Å². The van der Waals surface area contributed by atoms with Crippen LogP contribution in [-0.4, -0.2) is 45.7 Å². The second-order valence-electron chi connectivity index (χ2n) is 7.35. The summed E-state index contributed by atoms with van der Waals surface area (Å²) in [5.74, 6) is -0.996. The number of aryl methyl sites for hydroxylation is 1. The van der Waals surface area contributed by atoms with Crippen LogP contribution in [0.15, 0.2) is 0 Å². The van der Waals surface area contributed by atoms with E-state index in [1.165, 1.54) is 0 Å². The van der Waals surface area contributed by atoms with E-state index < -0.39 is 11.4 Å². The molecule has 1 fully saturated rings. The van der Waals surface area contributed by atoms with Gasteiger partial charge in [-0.3, -0.25) is 14.4 Å². The van der Waals surface area contributed by atoms with Crippen LogP contribution in [0.25, 0.3) is 0 Å². The molecule has 3 rings (SSSR count). The quantitative estimate of drug-likeness (QED) is 0.889. The lowest BCUT2D eigenvalue weighted by Crippen LogP contribution is -2.40. The van der Waals surface area contributed by atoms with Crippen molar-refractivity contribution in [2.45, 2.75) is 46.5 Å². The molecule has 130 valence electrons. The van der Waals surface area contributed by atoms with Crippen molar-refractivity contribution in [2.24, 2.45) is 11.3 Å². The Bertz CT molecular complexity index is 719. The molecule has 6 nitrogen and oxygen atoms in total. The van der Waals surface area contributed by atoms with Crippen LogP contribution in [0.1, 0.15) is 65.2 Å². The van der Waals surface area contributed by atoms with E-state index in [1.54, 1.807) is 11.8 Å². The Balaban J connectivity index is 1.89. The van der Waals surface area contributed by atoms with Crippen LogP contribution in [-0.2, 0) is 11.2 Å². The first-order chi connectivity index (χ1) is 11.3. The lowest BCUT2D eigenvalue weighted by Gasteiger charge is -2.28. The number of aromatic nitrogens is 1. The molecule has 0 saturated carbocycles. The van der Waals surface area contributed by atoms with Crippen molar-refractivity contribution in [1.29, 1.82) is 0 Å². The number of nitrogens with one attached hydrogen (secondary N) is 1. The third-order valence-electron chi connectivity index (χ3n) is 5.77.